The van der Waals surface area contributed by atoms with Crippen molar-refractivity contribution in [3.05, 3.63) is 35.9 Å². The van der Waals surface area contributed by atoms with Crippen molar-refractivity contribution < 1.29 is 0 Å². The fourth-order valence-electron chi connectivity index (χ4n) is 3.45. The van der Waals surface area contributed by atoms with Crippen molar-refractivity contribution >= 4 is 0 Å². The van der Waals surface area contributed by atoms with Gasteiger partial charge in [0.15, 0.2) is 0 Å². The first-order valence-electron chi connectivity index (χ1n) is 7.43. The molecule has 0 heteroatoms. The summed E-state index contributed by atoms with van der Waals surface area (Å²) in [6.45, 7) is 9.69. The standard InChI is InChI=1S/C18H28/c1-17(2,3)16-10-12-18(4,13-11-16)14-15-8-6-5-7-9-15/h5-9,16H,10-14H2,1-4H3. The smallest absolute Gasteiger partial charge is 0.0225 e. The van der Waals surface area contributed by atoms with Crippen LogP contribution in [-0.4, -0.2) is 0 Å². The maximum atomic E-state index is 2.48. The van der Waals surface area contributed by atoms with Crippen LogP contribution in [0.5, 0.6) is 0 Å². The van der Waals surface area contributed by atoms with Crippen LogP contribution in [0.4, 0.5) is 0 Å². The maximum absolute atomic E-state index is 2.48. The molecule has 0 unspecified atom stereocenters. The number of hydrogen-bond donors (Lipinski definition) is 0. The van der Waals surface area contributed by atoms with E-state index in [1.54, 1.807) is 0 Å². The van der Waals surface area contributed by atoms with E-state index in [9.17, 15) is 0 Å². The SMILES string of the molecule is CC1(Cc2ccccc2)CCC(C(C)(C)C)CC1. The summed E-state index contributed by atoms with van der Waals surface area (Å²) in [5.74, 6) is 0.918. The van der Waals surface area contributed by atoms with E-state index in [-0.39, 0.29) is 0 Å². The van der Waals surface area contributed by atoms with Gasteiger partial charge in [-0.1, -0.05) is 58.0 Å². The van der Waals surface area contributed by atoms with Gasteiger partial charge in [-0.05, 0) is 54.4 Å². The minimum absolute atomic E-state index is 0.494. The second-order valence-electron chi connectivity index (χ2n) is 7.61. The lowest BCUT2D eigenvalue weighted by Gasteiger charge is -2.42. The van der Waals surface area contributed by atoms with E-state index < -0.39 is 0 Å². The van der Waals surface area contributed by atoms with Crippen LogP contribution in [0.1, 0.15) is 58.9 Å². The zero-order valence-corrected chi connectivity index (χ0v) is 12.5. The Hall–Kier alpha value is -0.780. The van der Waals surface area contributed by atoms with E-state index in [4.69, 9.17) is 0 Å². The summed E-state index contributed by atoms with van der Waals surface area (Å²) < 4.78 is 0. The minimum atomic E-state index is 0.494. The zero-order chi connectivity index (χ0) is 13.2. The first-order valence-corrected chi connectivity index (χ1v) is 7.43. The van der Waals surface area contributed by atoms with Gasteiger partial charge < -0.3 is 0 Å². The molecule has 0 nitrogen and oxygen atoms in total. The van der Waals surface area contributed by atoms with Gasteiger partial charge in [0.2, 0.25) is 0 Å². The second kappa shape index (κ2) is 5.07. The van der Waals surface area contributed by atoms with Crippen LogP contribution >= 0.6 is 0 Å². The van der Waals surface area contributed by atoms with E-state index in [1.165, 1.54) is 37.7 Å². The van der Waals surface area contributed by atoms with Gasteiger partial charge in [-0.25, -0.2) is 0 Å². The zero-order valence-electron chi connectivity index (χ0n) is 12.5. The molecule has 100 valence electrons. The lowest BCUT2D eigenvalue weighted by molar-refractivity contribution is 0.0997. The van der Waals surface area contributed by atoms with Crippen molar-refractivity contribution in [1.29, 1.82) is 0 Å². The van der Waals surface area contributed by atoms with Crippen LogP contribution in [0.25, 0.3) is 0 Å². The Morgan fingerprint density at radius 1 is 1.06 bits per heavy atom. The number of benzene rings is 1. The van der Waals surface area contributed by atoms with Gasteiger partial charge in [0.1, 0.15) is 0 Å². The molecule has 1 saturated carbocycles. The average molecular weight is 244 g/mol. The number of hydrogen-bond acceptors (Lipinski definition) is 0. The maximum Gasteiger partial charge on any atom is -0.0225 e. The molecule has 0 saturated heterocycles. The molecule has 0 N–H and O–H groups in total. The molecule has 0 aromatic heterocycles. The summed E-state index contributed by atoms with van der Waals surface area (Å²) >= 11 is 0. The molecule has 1 aromatic rings. The minimum Gasteiger partial charge on any atom is -0.0622 e. The molecular formula is C18H28. The van der Waals surface area contributed by atoms with Crippen LogP contribution in [0.2, 0.25) is 0 Å². The highest BCUT2D eigenvalue weighted by atomic mass is 14.4. The first-order chi connectivity index (χ1) is 8.39. The van der Waals surface area contributed by atoms with Crippen LogP contribution < -0.4 is 0 Å². The first kappa shape index (κ1) is 13.6. The quantitative estimate of drug-likeness (QED) is 0.647. The van der Waals surface area contributed by atoms with Crippen molar-refractivity contribution in [2.75, 3.05) is 0 Å². The summed E-state index contributed by atoms with van der Waals surface area (Å²) in [6, 6.07) is 11.0. The van der Waals surface area contributed by atoms with Gasteiger partial charge in [0.05, 0.1) is 0 Å². The Kier molecular flexibility index (Phi) is 3.84. The summed E-state index contributed by atoms with van der Waals surface area (Å²) in [5, 5.41) is 0. The molecule has 2 rings (SSSR count). The number of rotatable bonds is 2. The van der Waals surface area contributed by atoms with Crippen molar-refractivity contribution in [2.24, 2.45) is 16.7 Å². The van der Waals surface area contributed by atoms with Gasteiger partial charge in [0, 0.05) is 0 Å². The van der Waals surface area contributed by atoms with Crippen LogP contribution in [0.15, 0.2) is 30.3 Å². The Balaban J connectivity index is 1.95. The molecule has 0 amide bonds. The third kappa shape index (κ3) is 3.37. The Labute approximate surface area is 113 Å². The monoisotopic (exact) mass is 244 g/mol. The highest BCUT2D eigenvalue weighted by Crippen LogP contribution is 2.46. The van der Waals surface area contributed by atoms with Gasteiger partial charge in [-0.15, -0.1) is 0 Å². The molecular weight excluding hydrogens is 216 g/mol. The summed E-state index contributed by atoms with van der Waals surface area (Å²) in [7, 11) is 0. The van der Waals surface area contributed by atoms with E-state index >= 15 is 0 Å². The van der Waals surface area contributed by atoms with Crippen molar-refractivity contribution in [3.63, 3.8) is 0 Å². The van der Waals surface area contributed by atoms with Gasteiger partial charge in [-0.3, -0.25) is 0 Å². The molecule has 1 aromatic carbocycles. The molecule has 0 radical (unpaired) electrons. The molecule has 1 aliphatic carbocycles. The molecule has 18 heavy (non-hydrogen) atoms. The fraction of sp³-hybridized carbons (Fsp3) is 0.667. The fourth-order valence-corrected chi connectivity index (χ4v) is 3.45. The lowest BCUT2D eigenvalue weighted by atomic mass is 9.63. The highest BCUT2D eigenvalue weighted by Gasteiger charge is 2.35. The van der Waals surface area contributed by atoms with Crippen molar-refractivity contribution in [2.45, 2.75) is 59.8 Å². The Morgan fingerprint density at radius 3 is 2.11 bits per heavy atom. The molecule has 1 fully saturated rings. The van der Waals surface area contributed by atoms with E-state index in [0.717, 1.165) is 5.92 Å². The Morgan fingerprint density at radius 2 is 1.61 bits per heavy atom. The topological polar surface area (TPSA) is 0 Å². The van der Waals surface area contributed by atoms with Gasteiger partial charge in [0.25, 0.3) is 0 Å². The van der Waals surface area contributed by atoms with Crippen molar-refractivity contribution in [3.8, 4) is 0 Å². The van der Waals surface area contributed by atoms with E-state index in [2.05, 4.69) is 58.0 Å². The normalized spacial score (nSPS) is 29.2. The third-order valence-electron chi connectivity index (χ3n) is 4.89. The summed E-state index contributed by atoms with van der Waals surface area (Å²) in [5.41, 5.74) is 2.53. The largest absolute Gasteiger partial charge is 0.0622 e. The van der Waals surface area contributed by atoms with Crippen LogP contribution in [0, 0.1) is 16.7 Å². The summed E-state index contributed by atoms with van der Waals surface area (Å²) in [6.07, 6.45) is 6.86. The van der Waals surface area contributed by atoms with Gasteiger partial charge >= 0.3 is 0 Å². The third-order valence-corrected chi connectivity index (χ3v) is 4.89. The predicted octanol–water partition coefficient (Wildman–Crippen LogP) is 5.47. The van der Waals surface area contributed by atoms with E-state index in [0.29, 0.717) is 10.8 Å². The molecule has 0 spiro atoms. The molecule has 0 atom stereocenters. The highest BCUT2D eigenvalue weighted by molar-refractivity contribution is 5.16. The molecule has 0 heterocycles. The molecule has 0 aliphatic heterocycles. The molecule has 0 bridgehead atoms. The van der Waals surface area contributed by atoms with Crippen LogP contribution in [-0.2, 0) is 6.42 Å². The second-order valence-corrected chi connectivity index (χ2v) is 7.61. The van der Waals surface area contributed by atoms with E-state index in [1.807, 2.05) is 0 Å². The predicted molar refractivity (Wildman–Crippen MR) is 79.7 cm³/mol. The molecule has 1 aliphatic rings. The Bertz CT molecular complexity index is 361. The average Bonchev–Trinajstić information content (AvgIpc) is 2.29. The lowest BCUT2D eigenvalue weighted by Crippen LogP contribution is -2.32. The van der Waals surface area contributed by atoms with Crippen LogP contribution in [0.3, 0.4) is 0 Å². The summed E-state index contributed by atoms with van der Waals surface area (Å²) in [4.78, 5) is 0. The van der Waals surface area contributed by atoms with Crippen molar-refractivity contribution in [1.82, 2.24) is 0 Å². The van der Waals surface area contributed by atoms with Gasteiger partial charge in [-0.2, -0.15) is 0 Å².